The van der Waals surface area contributed by atoms with E-state index in [1.54, 1.807) is 6.07 Å². The van der Waals surface area contributed by atoms with E-state index in [-0.39, 0.29) is 11.7 Å². The van der Waals surface area contributed by atoms with E-state index in [1.807, 2.05) is 18.9 Å². The van der Waals surface area contributed by atoms with E-state index in [0.717, 1.165) is 5.56 Å². The molecule has 5 nitrogen and oxygen atoms in total. The fraction of sp³-hybridized carbons (Fsp3) is 0.417. The summed E-state index contributed by atoms with van der Waals surface area (Å²) in [4.78, 5) is 12.2. The molecule has 0 bridgehead atoms. The summed E-state index contributed by atoms with van der Waals surface area (Å²) in [5.74, 6) is 0. The Hall–Kier alpha value is -1.45. The van der Waals surface area contributed by atoms with Gasteiger partial charge in [-0.15, -0.1) is 0 Å². The van der Waals surface area contributed by atoms with Crippen LogP contribution in [0.5, 0.6) is 0 Å². The van der Waals surface area contributed by atoms with Crippen LogP contribution in [0.15, 0.2) is 22.7 Å². The molecule has 1 aromatic carbocycles. The van der Waals surface area contributed by atoms with Crippen molar-refractivity contribution < 1.29 is 4.92 Å². The zero-order chi connectivity index (χ0) is 13.7. The van der Waals surface area contributed by atoms with Gasteiger partial charge in [-0.25, -0.2) is 0 Å². The topological polar surface area (TPSA) is 70.2 Å². The van der Waals surface area contributed by atoms with Crippen LogP contribution in [0.2, 0.25) is 0 Å². The third-order valence-electron chi connectivity index (χ3n) is 2.81. The van der Waals surface area contributed by atoms with E-state index in [0.29, 0.717) is 17.4 Å². The van der Waals surface area contributed by atoms with E-state index in [2.05, 4.69) is 22.0 Å². The molecule has 0 heterocycles. The van der Waals surface area contributed by atoms with Crippen LogP contribution in [0.1, 0.15) is 18.9 Å². The first-order chi connectivity index (χ1) is 8.45. The first-order valence-corrected chi connectivity index (χ1v) is 6.25. The maximum absolute atomic E-state index is 10.6. The van der Waals surface area contributed by atoms with Gasteiger partial charge in [0.25, 0.3) is 5.69 Å². The molecule has 1 atom stereocenters. The SMILES string of the molecule is CC(CC#N)N(C)Cc1ccc([N+](=O)[O-])cc1Br. The Balaban J connectivity index is 2.80. The van der Waals surface area contributed by atoms with Gasteiger partial charge in [0.05, 0.1) is 17.4 Å². The number of nitro benzene ring substituents is 1. The molecule has 0 spiro atoms. The maximum atomic E-state index is 10.6. The average molecular weight is 312 g/mol. The minimum absolute atomic E-state index is 0.0679. The second kappa shape index (κ2) is 6.47. The summed E-state index contributed by atoms with van der Waals surface area (Å²) < 4.78 is 0.715. The number of nitriles is 1. The molecule has 0 amide bonds. The summed E-state index contributed by atoms with van der Waals surface area (Å²) >= 11 is 3.34. The van der Waals surface area contributed by atoms with Crippen LogP contribution < -0.4 is 0 Å². The van der Waals surface area contributed by atoms with Crippen LogP contribution in [-0.4, -0.2) is 22.9 Å². The lowest BCUT2D eigenvalue weighted by Crippen LogP contribution is -2.28. The summed E-state index contributed by atoms with van der Waals surface area (Å²) in [5.41, 5.74) is 1.03. The summed E-state index contributed by atoms with van der Waals surface area (Å²) in [6, 6.07) is 7.00. The second-order valence-corrected chi connectivity index (χ2v) is 5.01. The highest BCUT2D eigenvalue weighted by atomic mass is 79.9. The van der Waals surface area contributed by atoms with Crippen LogP contribution in [0.4, 0.5) is 5.69 Å². The second-order valence-electron chi connectivity index (χ2n) is 4.16. The molecule has 96 valence electrons. The third kappa shape index (κ3) is 3.79. The fourth-order valence-corrected chi connectivity index (χ4v) is 1.98. The van der Waals surface area contributed by atoms with Crippen LogP contribution >= 0.6 is 15.9 Å². The minimum Gasteiger partial charge on any atom is -0.298 e. The predicted octanol–water partition coefficient (Wildman–Crippen LogP) is 3.09. The summed E-state index contributed by atoms with van der Waals surface area (Å²) in [7, 11) is 1.93. The van der Waals surface area contributed by atoms with Gasteiger partial charge in [0.1, 0.15) is 0 Å². The molecular formula is C12H14BrN3O2. The normalized spacial score (nSPS) is 12.2. The molecule has 1 unspecified atom stereocenters. The molecular weight excluding hydrogens is 298 g/mol. The van der Waals surface area contributed by atoms with Crippen molar-refractivity contribution in [3.63, 3.8) is 0 Å². The zero-order valence-corrected chi connectivity index (χ0v) is 11.8. The summed E-state index contributed by atoms with van der Waals surface area (Å²) in [6.45, 7) is 2.62. The number of nitro groups is 1. The van der Waals surface area contributed by atoms with Crippen LogP contribution in [0.3, 0.4) is 0 Å². The van der Waals surface area contributed by atoms with E-state index in [9.17, 15) is 10.1 Å². The number of halogens is 1. The van der Waals surface area contributed by atoms with Crippen LogP contribution in [0.25, 0.3) is 0 Å². The third-order valence-corrected chi connectivity index (χ3v) is 3.54. The van der Waals surface area contributed by atoms with Crippen molar-refractivity contribution in [3.05, 3.63) is 38.3 Å². The molecule has 0 saturated heterocycles. The minimum atomic E-state index is -0.420. The molecule has 0 radical (unpaired) electrons. The molecule has 0 aliphatic carbocycles. The molecule has 0 aliphatic rings. The van der Waals surface area contributed by atoms with Crippen molar-refractivity contribution in [2.75, 3.05) is 7.05 Å². The Morgan fingerprint density at radius 3 is 2.78 bits per heavy atom. The molecule has 0 fully saturated rings. The smallest absolute Gasteiger partial charge is 0.270 e. The van der Waals surface area contributed by atoms with Crippen molar-refractivity contribution in [2.24, 2.45) is 0 Å². The maximum Gasteiger partial charge on any atom is 0.270 e. The van der Waals surface area contributed by atoms with Gasteiger partial charge in [-0.2, -0.15) is 5.26 Å². The predicted molar refractivity (Wildman–Crippen MR) is 72.0 cm³/mol. The number of hydrogen-bond donors (Lipinski definition) is 0. The molecule has 0 aliphatic heterocycles. The van der Waals surface area contributed by atoms with Crippen molar-refractivity contribution in [2.45, 2.75) is 25.9 Å². The van der Waals surface area contributed by atoms with Gasteiger partial charge in [0, 0.05) is 29.2 Å². The number of rotatable bonds is 5. The van der Waals surface area contributed by atoms with Crippen molar-refractivity contribution in [1.29, 1.82) is 5.26 Å². The largest absolute Gasteiger partial charge is 0.298 e. The lowest BCUT2D eigenvalue weighted by atomic mass is 10.1. The summed E-state index contributed by atoms with van der Waals surface area (Å²) in [6.07, 6.45) is 0.459. The van der Waals surface area contributed by atoms with E-state index >= 15 is 0 Å². The average Bonchev–Trinajstić information content (AvgIpc) is 2.31. The molecule has 0 N–H and O–H groups in total. The van der Waals surface area contributed by atoms with Gasteiger partial charge in [0.2, 0.25) is 0 Å². The molecule has 0 saturated carbocycles. The molecule has 1 aromatic rings. The quantitative estimate of drug-likeness (QED) is 0.619. The van der Waals surface area contributed by atoms with Gasteiger partial charge < -0.3 is 0 Å². The lowest BCUT2D eigenvalue weighted by Gasteiger charge is -2.23. The van der Waals surface area contributed by atoms with Crippen LogP contribution in [0, 0.1) is 21.4 Å². The Labute approximate surface area is 114 Å². The molecule has 0 aromatic heterocycles. The lowest BCUT2D eigenvalue weighted by molar-refractivity contribution is -0.384. The summed E-state index contributed by atoms with van der Waals surface area (Å²) in [5, 5.41) is 19.3. The molecule has 6 heteroatoms. The molecule has 1 rings (SSSR count). The Morgan fingerprint density at radius 1 is 1.61 bits per heavy atom. The zero-order valence-electron chi connectivity index (χ0n) is 10.3. The monoisotopic (exact) mass is 311 g/mol. The van der Waals surface area contributed by atoms with Crippen molar-refractivity contribution >= 4 is 21.6 Å². The highest BCUT2D eigenvalue weighted by molar-refractivity contribution is 9.10. The number of non-ortho nitro benzene ring substituents is 1. The van der Waals surface area contributed by atoms with Gasteiger partial charge in [-0.1, -0.05) is 15.9 Å². The van der Waals surface area contributed by atoms with E-state index < -0.39 is 4.92 Å². The van der Waals surface area contributed by atoms with Gasteiger partial charge in [-0.3, -0.25) is 15.0 Å². The highest BCUT2D eigenvalue weighted by Crippen LogP contribution is 2.24. The van der Waals surface area contributed by atoms with Crippen molar-refractivity contribution in [3.8, 4) is 6.07 Å². The first kappa shape index (κ1) is 14.6. The standard InChI is InChI=1S/C12H14BrN3O2/c1-9(5-6-14)15(2)8-10-3-4-11(16(17)18)7-12(10)13/h3-4,7,9H,5,8H2,1-2H3. The van der Waals surface area contributed by atoms with Gasteiger partial charge in [0.15, 0.2) is 0 Å². The van der Waals surface area contributed by atoms with Gasteiger partial charge >= 0.3 is 0 Å². The highest BCUT2D eigenvalue weighted by Gasteiger charge is 2.13. The van der Waals surface area contributed by atoms with E-state index in [4.69, 9.17) is 5.26 Å². The fourth-order valence-electron chi connectivity index (χ4n) is 1.49. The van der Waals surface area contributed by atoms with E-state index in [1.165, 1.54) is 12.1 Å². The van der Waals surface area contributed by atoms with Crippen LogP contribution in [-0.2, 0) is 6.54 Å². The Bertz CT molecular complexity index is 485. The number of nitrogens with zero attached hydrogens (tertiary/aromatic N) is 3. The number of hydrogen-bond acceptors (Lipinski definition) is 4. The number of benzene rings is 1. The Kier molecular flexibility index (Phi) is 5.25. The van der Waals surface area contributed by atoms with Crippen molar-refractivity contribution in [1.82, 2.24) is 4.90 Å². The van der Waals surface area contributed by atoms with Gasteiger partial charge in [-0.05, 0) is 25.6 Å². The first-order valence-electron chi connectivity index (χ1n) is 5.45. The Morgan fingerprint density at radius 2 is 2.28 bits per heavy atom. The molecule has 18 heavy (non-hydrogen) atoms.